The van der Waals surface area contributed by atoms with Crippen LogP contribution in [0.4, 0.5) is 10.2 Å². The summed E-state index contributed by atoms with van der Waals surface area (Å²) in [5.74, 6) is -0.894. The number of benzene rings is 1. The average molecular weight is 401 g/mol. The molecule has 1 unspecified atom stereocenters. The van der Waals surface area contributed by atoms with Crippen LogP contribution in [0.25, 0.3) is 10.9 Å². The Labute approximate surface area is 154 Å². The molecular formula is C16H18ClFN4O3S. The van der Waals surface area contributed by atoms with Gasteiger partial charge in [-0.2, -0.15) is 4.98 Å². The number of hydrogen-bond donors (Lipinski definition) is 0. The third kappa shape index (κ3) is 2.30. The molecule has 0 N–H and O–H groups in total. The Morgan fingerprint density at radius 3 is 2.65 bits per heavy atom. The van der Waals surface area contributed by atoms with E-state index in [-0.39, 0.29) is 33.1 Å². The number of aryl methyl sites for hydroxylation is 1. The van der Waals surface area contributed by atoms with Crippen molar-refractivity contribution in [3.63, 3.8) is 0 Å². The molecule has 10 heteroatoms. The van der Waals surface area contributed by atoms with Crippen LogP contribution in [0, 0.1) is 12.7 Å². The molecule has 0 aliphatic carbocycles. The fourth-order valence-electron chi connectivity index (χ4n) is 3.88. The lowest BCUT2D eigenvalue weighted by Crippen LogP contribution is -2.54. The van der Waals surface area contributed by atoms with E-state index in [1.165, 1.54) is 18.5 Å². The van der Waals surface area contributed by atoms with E-state index in [4.69, 9.17) is 11.6 Å². The van der Waals surface area contributed by atoms with Gasteiger partial charge in [-0.05, 0) is 14.0 Å². The van der Waals surface area contributed by atoms with E-state index in [1.807, 2.05) is 16.8 Å². The molecule has 140 valence electrons. The number of likely N-dealkylation sites (N-methyl/N-ethyl adjacent to an activating group) is 1. The second kappa shape index (κ2) is 5.64. The summed E-state index contributed by atoms with van der Waals surface area (Å²) in [5, 5.41) is 0.138. The van der Waals surface area contributed by atoms with E-state index < -0.39 is 32.3 Å². The van der Waals surface area contributed by atoms with Crippen molar-refractivity contribution < 1.29 is 12.8 Å². The van der Waals surface area contributed by atoms with Gasteiger partial charge in [-0.1, -0.05) is 11.6 Å². The number of rotatable bonds is 0. The van der Waals surface area contributed by atoms with Gasteiger partial charge in [0.25, 0.3) is 0 Å². The third-order valence-corrected chi connectivity index (χ3v) is 7.55. The second-order valence-corrected chi connectivity index (χ2v) is 9.32. The van der Waals surface area contributed by atoms with Gasteiger partial charge in [0.2, 0.25) is 0 Å². The fourth-order valence-corrected chi connectivity index (χ4v) is 6.07. The second-order valence-electron chi connectivity index (χ2n) is 6.97. The Morgan fingerprint density at radius 2 is 1.96 bits per heavy atom. The van der Waals surface area contributed by atoms with Gasteiger partial charge >= 0.3 is 5.69 Å². The normalized spacial score (nSPS) is 22.3. The summed E-state index contributed by atoms with van der Waals surface area (Å²) in [6, 6.07) is -0.410. The van der Waals surface area contributed by atoms with Gasteiger partial charge in [0, 0.05) is 32.2 Å². The summed E-state index contributed by atoms with van der Waals surface area (Å²) in [6.45, 7) is 3.09. The lowest BCUT2D eigenvalue weighted by Gasteiger charge is -2.39. The number of piperazine rings is 1. The van der Waals surface area contributed by atoms with Crippen molar-refractivity contribution in [3.8, 4) is 0 Å². The SMILES string of the molecule is Cc1c(F)c2c3c(nc(=O)n(C)c3c1Cl)N1CCN(C)CC1CS2(=O)=O. The predicted molar refractivity (Wildman–Crippen MR) is 97.4 cm³/mol. The molecule has 1 fully saturated rings. The zero-order chi connectivity index (χ0) is 19.0. The van der Waals surface area contributed by atoms with Crippen molar-refractivity contribution in [2.45, 2.75) is 17.9 Å². The van der Waals surface area contributed by atoms with Crippen LogP contribution in [0.1, 0.15) is 5.56 Å². The summed E-state index contributed by atoms with van der Waals surface area (Å²) in [6.07, 6.45) is 0. The topological polar surface area (TPSA) is 75.5 Å². The van der Waals surface area contributed by atoms with Crippen LogP contribution in [0.2, 0.25) is 5.02 Å². The van der Waals surface area contributed by atoms with Crippen molar-refractivity contribution in [1.82, 2.24) is 14.5 Å². The first-order valence-corrected chi connectivity index (χ1v) is 10.2. The molecule has 26 heavy (non-hydrogen) atoms. The first-order valence-electron chi connectivity index (χ1n) is 8.19. The van der Waals surface area contributed by atoms with Crippen LogP contribution < -0.4 is 10.6 Å². The molecular weight excluding hydrogens is 383 g/mol. The quantitative estimate of drug-likeness (QED) is 0.655. The molecule has 0 bridgehead atoms. The predicted octanol–water partition coefficient (Wildman–Crippen LogP) is 0.942. The number of anilines is 1. The van der Waals surface area contributed by atoms with Crippen molar-refractivity contribution in [2.75, 3.05) is 37.3 Å². The van der Waals surface area contributed by atoms with Crippen LogP contribution in [-0.4, -0.2) is 61.3 Å². The molecule has 0 amide bonds. The molecule has 2 aliphatic rings. The summed E-state index contributed by atoms with van der Waals surface area (Å²) >= 11 is 6.33. The highest BCUT2D eigenvalue weighted by Crippen LogP contribution is 2.42. The number of fused-ring (bicyclic) bond motifs is 2. The van der Waals surface area contributed by atoms with Gasteiger partial charge in [-0.3, -0.25) is 4.57 Å². The minimum Gasteiger partial charge on any atom is -0.349 e. The molecule has 3 heterocycles. The van der Waals surface area contributed by atoms with Gasteiger partial charge in [0.15, 0.2) is 9.84 Å². The van der Waals surface area contributed by atoms with Gasteiger partial charge in [0.05, 0.1) is 27.7 Å². The molecule has 1 aromatic carbocycles. The highest BCUT2D eigenvalue weighted by Gasteiger charge is 2.40. The minimum atomic E-state index is -3.94. The van der Waals surface area contributed by atoms with Crippen molar-refractivity contribution in [1.29, 1.82) is 0 Å². The number of halogens is 2. The molecule has 2 aliphatic heterocycles. The minimum absolute atomic E-state index is 0.0156. The van der Waals surface area contributed by atoms with Gasteiger partial charge in [-0.15, -0.1) is 0 Å². The Balaban J connectivity index is 2.23. The highest BCUT2D eigenvalue weighted by molar-refractivity contribution is 7.91. The Bertz CT molecular complexity index is 1120. The first-order chi connectivity index (χ1) is 12.1. The maximum Gasteiger partial charge on any atom is 0.349 e. The van der Waals surface area contributed by atoms with Crippen LogP contribution >= 0.6 is 11.6 Å². The smallest absolute Gasteiger partial charge is 0.349 e. The van der Waals surface area contributed by atoms with E-state index >= 15 is 4.39 Å². The maximum atomic E-state index is 15.1. The number of hydrogen-bond acceptors (Lipinski definition) is 6. The van der Waals surface area contributed by atoms with Crippen molar-refractivity contribution >= 4 is 38.2 Å². The fraction of sp³-hybridized carbons (Fsp3) is 0.500. The molecule has 0 radical (unpaired) electrons. The van der Waals surface area contributed by atoms with Crippen molar-refractivity contribution in [3.05, 3.63) is 26.9 Å². The van der Waals surface area contributed by atoms with Gasteiger partial charge < -0.3 is 9.80 Å². The first kappa shape index (κ1) is 17.7. The highest BCUT2D eigenvalue weighted by atomic mass is 35.5. The molecule has 2 aromatic rings. The van der Waals surface area contributed by atoms with Gasteiger partial charge in [-0.25, -0.2) is 17.6 Å². The summed E-state index contributed by atoms with van der Waals surface area (Å²) in [5.41, 5.74) is -0.330. The number of aromatic nitrogens is 2. The monoisotopic (exact) mass is 400 g/mol. The Kier molecular flexibility index (Phi) is 3.84. The van der Waals surface area contributed by atoms with E-state index in [0.717, 1.165) is 0 Å². The molecule has 1 atom stereocenters. The van der Waals surface area contributed by atoms with Crippen LogP contribution in [0.3, 0.4) is 0 Å². The van der Waals surface area contributed by atoms with Gasteiger partial charge in [0.1, 0.15) is 16.5 Å². The van der Waals surface area contributed by atoms with Crippen LogP contribution in [0.15, 0.2) is 9.69 Å². The van der Waals surface area contributed by atoms with E-state index in [1.54, 1.807) is 0 Å². The van der Waals surface area contributed by atoms with Crippen molar-refractivity contribution in [2.24, 2.45) is 7.05 Å². The van der Waals surface area contributed by atoms with E-state index in [9.17, 15) is 13.2 Å². The largest absolute Gasteiger partial charge is 0.349 e. The molecule has 1 aromatic heterocycles. The van der Waals surface area contributed by atoms with E-state index in [2.05, 4.69) is 4.98 Å². The summed E-state index contributed by atoms with van der Waals surface area (Å²) in [7, 11) is -0.577. The lowest BCUT2D eigenvalue weighted by atomic mass is 10.1. The zero-order valence-electron chi connectivity index (χ0n) is 14.6. The van der Waals surface area contributed by atoms with Crippen LogP contribution in [0.5, 0.6) is 0 Å². The summed E-state index contributed by atoms with van der Waals surface area (Å²) in [4.78, 5) is 19.9. The average Bonchev–Trinajstić information content (AvgIpc) is 2.64. The lowest BCUT2D eigenvalue weighted by molar-refractivity contribution is 0.276. The molecule has 1 saturated heterocycles. The third-order valence-electron chi connectivity index (χ3n) is 5.26. The summed E-state index contributed by atoms with van der Waals surface area (Å²) < 4.78 is 42.4. The van der Waals surface area contributed by atoms with E-state index in [0.29, 0.717) is 19.6 Å². The molecule has 0 saturated carbocycles. The zero-order valence-corrected chi connectivity index (χ0v) is 16.2. The Morgan fingerprint density at radius 1 is 1.27 bits per heavy atom. The number of nitrogens with zero attached hydrogens (tertiary/aromatic N) is 4. The molecule has 4 rings (SSSR count). The maximum absolute atomic E-state index is 15.1. The molecule has 0 spiro atoms. The Hall–Kier alpha value is -1.71. The standard InChI is InChI=1S/C16H18ClFN4O3S/c1-8-11(17)13-10-14(12(8)18)26(24,25)7-9-6-20(2)4-5-22(9)15(10)19-16(23)21(13)3/h9H,4-7H2,1-3H3. The van der Waals surface area contributed by atoms with Crippen LogP contribution in [-0.2, 0) is 16.9 Å². The number of sulfone groups is 1. The molecule has 7 nitrogen and oxygen atoms in total.